The van der Waals surface area contributed by atoms with Gasteiger partial charge in [0, 0.05) is 6.04 Å². The van der Waals surface area contributed by atoms with Crippen LogP contribution in [-0.2, 0) is 0 Å². The highest BCUT2D eigenvalue weighted by Crippen LogP contribution is 2.28. The molecule has 1 N–H and O–H groups in total. The van der Waals surface area contributed by atoms with Crippen LogP contribution in [0.4, 0.5) is 0 Å². The minimum Gasteiger partial charge on any atom is -0.311 e. The van der Waals surface area contributed by atoms with Crippen molar-refractivity contribution in [3.05, 3.63) is 11.6 Å². The highest BCUT2D eigenvalue weighted by molar-refractivity contribution is 5.13. The maximum atomic E-state index is 3.64. The smallest absolute Gasteiger partial charge is 0.0284 e. The predicted octanol–water partition coefficient (Wildman–Crippen LogP) is 3.90. The Morgan fingerprint density at radius 3 is 2.53 bits per heavy atom. The van der Waals surface area contributed by atoms with Crippen molar-refractivity contribution in [1.29, 1.82) is 0 Å². The van der Waals surface area contributed by atoms with E-state index in [0.29, 0.717) is 11.5 Å². The van der Waals surface area contributed by atoms with E-state index in [9.17, 15) is 0 Å². The summed E-state index contributed by atoms with van der Waals surface area (Å²) in [4.78, 5) is 0. The van der Waals surface area contributed by atoms with E-state index in [-0.39, 0.29) is 0 Å². The quantitative estimate of drug-likeness (QED) is 0.692. The molecule has 0 bridgehead atoms. The van der Waals surface area contributed by atoms with Crippen LogP contribution in [0, 0.1) is 5.41 Å². The van der Waals surface area contributed by atoms with Crippen LogP contribution in [0.5, 0.6) is 0 Å². The molecule has 0 fully saturated rings. The van der Waals surface area contributed by atoms with Crippen molar-refractivity contribution in [1.82, 2.24) is 5.32 Å². The summed E-state index contributed by atoms with van der Waals surface area (Å²) in [5.41, 5.74) is 2.09. The third-order valence-corrected chi connectivity index (χ3v) is 3.04. The van der Waals surface area contributed by atoms with Crippen LogP contribution in [0.2, 0.25) is 0 Å². The Balaban J connectivity index is 2.60. The molecule has 88 valence electrons. The monoisotopic (exact) mass is 209 g/mol. The van der Waals surface area contributed by atoms with Crippen LogP contribution in [0.25, 0.3) is 0 Å². The molecule has 0 aromatic carbocycles. The average Bonchev–Trinajstić information content (AvgIpc) is 2.17. The molecule has 1 atom stereocenters. The summed E-state index contributed by atoms with van der Waals surface area (Å²) in [6.07, 6.45) is 9.11. The van der Waals surface area contributed by atoms with Crippen molar-refractivity contribution >= 4 is 0 Å². The van der Waals surface area contributed by atoms with Crippen LogP contribution < -0.4 is 5.32 Å². The Morgan fingerprint density at radius 1 is 1.33 bits per heavy atom. The molecule has 0 amide bonds. The van der Waals surface area contributed by atoms with Crippen molar-refractivity contribution in [3.8, 4) is 0 Å². The molecule has 0 saturated carbocycles. The van der Waals surface area contributed by atoms with Crippen molar-refractivity contribution in [2.45, 2.75) is 65.8 Å². The Bertz CT molecular complexity index is 210. The number of likely N-dealkylation sites (N-methyl/N-ethyl adjacent to an activating group) is 1. The molecule has 0 aliphatic heterocycles. The number of hydrogen-bond acceptors (Lipinski definition) is 1. The third kappa shape index (κ3) is 4.83. The predicted molar refractivity (Wildman–Crippen MR) is 68.1 cm³/mol. The molecule has 1 heteroatoms. The van der Waals surface area contributed by atoms with Gasteiger partial charge in [-0.05, 0) is 44.1 Å². The van der Waals surface area contributed by atoms with Crippen LogP contribution in [0.15, 0.2) is 11.6 Å². The van der Waals surface area contributed by atoms with Crippen LogP contribution >= 0.6 is 0 Å². The van der Waals surface area contributed by atoms with E-state index in [1.807, 2.05) is 0 Å². The lowest BCUT2D eigenvalue weighted by molar-refractivity contribution is 0.325. The Morgan fingerprint density at radius 2 is 2.07 bits per heavy atom. The molecule has 15 heavy (non-hydrogen) atoms. The molecule has 1 aliphatic rings. The lowest BCUT2D eigenvalue weighted by atomic mass is 9.82. The van der Waals surface area contributed by atoms with E-state index in [2.05, 4.69) is 39.1 Å². The Labute approximate surface area is 95.3 Å². The van der Waals surface area contributed by atoms with Gasteiger partial charge < -0.3 is 5.32 Å². The van der Waals surface area contributed by atoms with Crippen LogP contribution in [0.1, 0.15) is 59.8 Å². The summed E-state index contributed by atoms with van der Waals surface area (Å²) >= 11 is 0. The molecule has 1 rings (SSSR count). The fourth-order valence-corrected chi connectivity index (χ4v) is 2.37. The standard InChI is InChI=1S/C14H27N/c1-5-15-13(11-14(2,3)4)12-9-7-6-8-10-12/h9,13,15H,5-8,10-11H2,1-4H3. The molecule has 1 nitrogen and oxygen atoms in total. The summed E-state index contributed by atoms with van der Waals surface area (Å²) in [6, 6.07) is 0.621. The number of nitrogens with one attached hydrogen (secondary N) is 1. The molecule has 1 aliphatic carbocycles. The summed E-state index contributed by atoms with van der Waals surface area (Å²) in [6.45, 7) is 10.3. The Hall–Kier alpha value is -0.300. The van der Waals surface area contributed by atoms with Crippen molar-refractivity contribution < 1.29 is 0 Å². The summed E-state index contributed by atoms with van der Waals surface area (Å²) in [5, 5.41) is 3.64. The fourth-order valence-electron chi connectivity index (χ4n) is 2.37. The van der Waals surface area contributed by atoms with Crippen LogP contribution in [-0.4, -0.2) is 12.6 Å². The molecule has 0 aromatic rings. The number of allylic oxidation sites excluding steroid dienone is 1. The molecule has 0 saturated heterocycles. The second kappa shape index (κ2) is 5.69. The van der Waals surface area contributed by atoms with Gasteiger partial charge in [-0.15, -0.1) is 0 Å². The van der Waals surface area contributed by atoms with Gasteiger partial charge in [0.05, 0.1) is 0 Å². The van der Waals surface area contributed by atoms with E-state index >= 15 is 0 Å². The average molecular weight is 209 g/mol. The lowest BCUT2D eigenvalue weighted by Gasteiger charge is -2.30. The van der Waals surface area contributed by atoms with Gasteiger partial charge in [0.15, 0.2) is 0 Å². The second-order valence-electron chi connectivity index (χ2n) is 5.90. The second-order valence-corrected chi connectivity index (χ2v) is 5.90. The number of rotatable bonds is 4. The van der Waals surface area contributed by atoms with Gasteiger partial charge in [-0.1, -0.05) is 39.3 Å². The van der Waals surface area contributed by atoms with Crippen molar-refractivity contribution in [3.63, 3.8) is 0 Å². The first-order valence-electron chi connectivity index (χ1n) is 6.45. The molecular weight excluding hydrogens is 182 g/mol. The van der Waals surface area contributed by atoms with E-state index < -0.39 is 0 Å². The largest absolute Gasteiger partial charge is 0.311 e. The van der Waals surface area contributed by atoms with Gasteiger partial charge in [0.25, 0.3) is 0 Å². The molecule has 1 unspecified atom stereocenters. The van der Waals surface area contributed by atoms with E-state index in [4.69, 9.17) is 0 Å². The van der Waals surface area contributed by atoms with Crippen molar-refractivity contribution in [2.24, 2.45) is 5.41 Å². The van der Waals surface area contributed by atoms with E-state index in [1.54, 1.807) is 5.57 Å². The first-order valence-corrected chi connectivity index (χ1v) is 6.45. The normalized spacial score (nSPS) is 19.9. The summed E-state index contributed by atoms with van der Waals surface area (Å²) in [7, 11) is 0. The zero-order valence-corrected chi connectivity index (χ0v) is 10.9. The lowest BCUT2D eigenvalue weighted by Crippen LogP contribution is -2.35. The fraction of sp³-hybridized carbons (Fsp3) is 0.857. The van der Waals surface area contributed by atoms with Gasteiger partial charge in [-0.2, -0.15) is 0 Å². The third-order valence-electron chi connectivity index (χ3n) is 3.04. The molecular formula is C14H27N. The minimum atomic E-state index is 0.422. The Kier molecular flexibility index (Phi) is 4.85. The molecule has 0 radical (unpaired) electrons. The van der Waals surface area contributed by atoms with E-state index in [1.165, 1.54) is 32.1 Å². The highest BCUT2D eigenvalue weighted by atomic mass is 14.9. The molecule has 0 spiro atoms. The topological polar surface area (TPSA) is 12.0 Å². The molecule has 0 aromatic heterocycles. The minimum absolute atomic E-state index is 0.422. The summed E-state index contributed by atoms with van der Waals surface area (Å²) in [5.74, 6) is 0. The van der Waals surface area contributed by atoms with Gasteiger partial charge in [0.2, 0.25) is 0 Å². The maximum Gasteiger partial charge on any atom is 0.0284 e. The van der Waals surface area contributed by atoms with Gasteiger partial charge in [-0.25, -0.2) is 0 Å². The number of hydrogen-bond donors (Lipinski definition) is 1. The first-order chi connectivity index (χ1) is 7.03. The van der Waals surface area contributed by atoms with E-state index in [0.717, 1.165) is 6.54 Å². The summed E-state index contributed by atoms with van der Waals surface area (Å²) < 4.78 is 0. The van der Waals surface area contributed by atoms with Gasteiger partial charge in [0.1, 0.15) is 0 Å². The van der Waals surface area contributed by atoms with Crippen molar-refractivity contribution in [2.75, 3.05) is 6.54 Å². The molecule has 0 heterocycles. The highest BCUT2D eigenvalue weighted by Gasteiger charge is 2.21. The maximum absolute atomic E-state index is 3.64. The SMILES string of the molecule is CCNC(CC(C)(C)C)C1=CCCCC1. The van der Waals surface area contributed by atoms with Crippen LogP contribution in [0.3, 0.4) is 0 Å². The van der Waals surface area contributed by atoms with Gasteiger partial charge >= 0.3 is 0 Å². The zero-order chi connectivity index (χ0) is 11.3. The zero-order valence-electron chi connectivity index (χ0n) is 10.9. The first kappa shape index (κ1) is 12.8. The van der Waals surface area contributed by atoms with Gasteiger partial charge in [-0.3, -0.25) is 0 Å².